The molecular formula is C10H17FO. The Bertz CT molecular complexity index is 146. The van der Waals surface area contributed by atoms with Gasteiger partial charge in [0.15, 0.2) is 0 Å². The first-order valence-electron chi connectivity index (χ1n) is 5.06. The highest BCUT2D eigenvalue weighted by atomic mass is 19.1. The minimum absolute atomic E-state index is 0.264. The van der Waals surface area contributed by atoms with E-state index in [9.17, 15) is 4.39 Å². The molecule has 0 aromatic carbocycles. The van der Waals surface area contributed by atoms with E-state index in [1.165, 1.54) is 6.42 Å². The van der Waals surface area contributed by atoms with Crippen molar-refractivity contribution in [2.75, 3.05) is 6.61 Å². The van der Waals surface area contributed by atoms with Crippen molar-refractivity contribution >= 4 is 0 Å². The van der Waals surface area contributed by atoms with E-state index in [0.717, 1.165) is 25.7 Å². The second kappa shape index (κ2) is 3.33. The van der Waals surface area contributed by atoms with E-state index in [-0.39, 0.29) is 18.4 Å². The molecule has 2 saturated carbocycles. The van der Waals surface area contributed by atoms with E-state index in [2.05, 4.69) is 0 Å². The maximum absolute atomic E-state index is 13.5. The molecule has 0 radical (unpaired) electrons. The van der Waals surface area contributed by atoms with Gasteiger partial charge < -0.3 is 5.11 Å². The zero-order valence-electron chi connectivity index (χ0n) is 7.38. The maximum atomic E-state index is 13.5. The highest BCUT2D eigenvalue weighted by molar-refractivity contribution is 4.89. The molecule has 0 aliphatic heterocycles. The zero-order valence-corrected chi connectivity index (χ0v) is 7.38. The number of rotatable bonds is 1. The second-order valence-electron chi connectivity index (χ2n) is 4.42. The normalized spacial score (nSPS) is 47.5. The van der Waals surface area contributed by atoms with Crippen LogP contribution in [0.1, 0.15) is 32.1 Å². The van der Waals surface area contributed by atoms with Crippen molar-refractivity contribution in [3.05, 3.63) is 0 Å². The zero-order chi connectivity index (χ0) is 8.55. The highest BCUT2D eigenvalue weighted by Gasteiger charge is 2.39. The van der Waals surface area contributed by atoms with Crippen molar-refractivity contribution in [2.45, 2.75) is 38.3 Å². The van der Waals surface area contributed by atoms with Crippen molar-refractivity contribution in [1.82, 2.24) is 0 Å². The molecule has 2 fully saturated rings. The van der Waals surface area contributed by atoms with Crippen LogP contribution < -0.4 is 0 Å². The SMILES string of the molecule is OCC1CC2CCCC(C1)C2F. The highest BCUT2D eigenvalue weighted by Crippen LogP contribution is 2.44. The number of fused-ring (bicyclic) bond motifs is 2. The Kier molecular flexibility index (Phi) is 2.35. The van der Waals surface area contributed by atoms with Crippen LogP contribution in [0, 0.1) is 17.8 Å². The van der Waals surface area contributed by atoms with Gasteiger partial charge in [0.05, 0.1) is 0 Å². The molecule has 0 heterocycles. The third-order valence-corrected chi connectivity index (χ3v) is 3.58. The second-order valence-corrected chi connectivity index (χ2v) is 4.42. The molecule has 12 heavy (non-hydrogen) atoms. The molecule has 2 bridgehead atoms. The summed E-state index contributed by atoms with van der Waals surface area (Å²) < 4.78 is 13.5. The monoisotopic (exact) mass is 172 g/mol. The summed E-state index contributed by atoms with van der Waals surface area (Å²) in [5.74, 6) is 0.941. The molecule has 2 rings (SSSR count). The molecule has 0 saturated heterocycles. The molecule has 2 atom stereocenters. The first-order valence-corrected chi connectivity index (χ1v) is 5.06. The molecule has 1 nitrogen and oxygen atoms in total. The number of aliphatic hydroxyl groups excluding tert-OH is 1. The van der Waals surface area contributed by atoms with E-state index in [1.54, 1.807) is 0 Å². The molecular weight excluding hydrogens is 155 g/mol. The third kappa shape index (κ3) is 1.37. The lowest BCUT2D eigenvalue weighted by molar-refractivity contribution is 0.00882. The number of halogens is 1. The van der Waals surface area contributed by atoms with Gasteiger partial charge in [-0.1, -0.05) is 6.42 Å². The summed E-state index contributed by atoms with van der Waals surface area (Å²) in [6, 6.07) is 0. The molecule has 0 amide bonds. The molecule has 0 spiro atoms. The van der Waals surface area contributed by atoms with Gasteiger partial charge in [-0.05, 0) is 43.4 Å². The van der Waals surface area contributed by atoms with Gasteiger partial charge in [-0.15, -0.1) is 0 Å². The van der Waals surface area contributed by atoms with E-state index in [4.69, 9.17) is 5.11 Å². The summed E-state index contributed by atoms with van der Waals surface area (Å²) in [6.07, 6.45) is 4.60. The predicted octanol–water partition coefficient (Wildman–Crippen LogP) is 2.14. The minimum atomic E-state index is -0.554. The largest absolute Gasteiger partial charge is 0.396 e. The van der Waals surface area contributed by atoms with Crippen LogP contribution in [-0.2, 0) is 0 Å². The fourth-order valence-corrected chi connectivity index (χ4v) is 2.94. The molecule has 2 unspecified atom stereocenters. The fourth-order valence-electron chi connectivity index (χ4n) is 2.94. The van der Waals surface area contributed by atoms with Gasteiger partial charge in [0.1, 0.15) is 6.17 Å². The van der Waals surface area contributed by atoms with Crippen LogP contribution in [0.25, 0.3) is 0 Å². The van der Waals surface area contributed by atoms with Crippen molar-refractivity contribution in [3.63, 3.8) is 0 Å². The molecule has 0 aromatic heterocycles. The van der Waals surface area contributed by atoms with Crippen molar-refractivity contribution in [1.29, 1.82) is 0 Å². The molecule has 2 heteroatoms. The van der Waals surface area contributed by atoms with Gasteiger partial charge in [-0.3, -0.25) is 0 Å². The van der Waals surface area contributed by atoms with Crippen molar-refractivity contribution in [3.8, 4) is 0 Å². The Balaban J connectivity index is 2.02. The number of hydrogen-bond acceptors (Lipinski definition) is 1. The maximum Gasteiger partial charge on any atom is 0.106 e. The number of hydrogen-bond donors (Lipinski definition) is 1. The van der Waals surface area contributed by atoms with Gasteiger partial charge in [0, 0.05) is 6.61 Å². The minimum Gasteiger partial charge on any atom is -0.396 e. The summed E-state index contributed by atoms with van der Waals surface area (Å²) in [7, 11) is 0. The van der Waals surface area contributed by atoms with Gasteiger partial charge in [-0.2, -0.15) is 0 Å². The lowest BCUT2D eigenvalue weighted by Gasteiger charge is -2.41. The molecule has 70 valence electrons. The third-order valence-electron chi connectivity index (χ3n) is 3.58. The molecule has 2 aliphatic rings. The van der Waals surface area contributed by atoms with Gasteiger partial charge >= 0.3 is 0 Å². The Morgan fingerprint density at radius 1 is 1.17 bits per heavy atom. The lowest BCUT2D eigenvalue weighted by atomic mass is 9.67. The van der Waals surface area contributed by atoms with Crippen LogP contribution in [0.4, 0.5) is 4.39 Å². The van der Waals surface area contributed by atoms with Gasteiger partial charge in [0.2, 0.25) is 0 Å². The summed E-state index contributed by atoms with van der Waals surface area (Å²) in [6.45, 7) is 0.264. The van der Waals surface area contributed by atoms with Crippen LogP contribution in [-0.4, -0.2) is 17.9 Å². The summed E-state index contributed by atoms with van der Waals surface area (Å²) in [5, 5.41) is 9.01. The average molecular weight is 172 g/mol. The lowest BCUT2D eigenvalue weighted by Crippen LogP contribution is -2.38. The van der Waals surface area contributed by atoms with Crippen LogP contribution >= 0.6 is 0 Å². The number of alkyl halides is 1. The topological polar surface area (TPSA) is 20.2 Å². The van der Waals surface area contributed by atoms with E-state index >= 15 is 0 Å². The predicted molar refractivity (Wildman–Crippen MR) is 45.5 cm³/mol. The Morgan fingerprint density at radius 2 is 1.75 bits per heavy atom. The Hall–Kier alpha value is -0.110. The summed E-state index contributed by atoms with van der Waals surface area (Å²) in [5.41, 5.74) is 0. The molecule has 2 aliphatic carbocycles. The molecule has 0 aromatic rings. The van der Waals surface area contributed by atoms with Crippen molar-refractivity contribution in [2.24, 2.45) is 17.8 Å². The first-order chi connectivity index (χ1) is 5.81. The van der Waals surface area contributed by atoms with Crippen molar-refractivity contribution < 1.29 is 9.50 Å². The van der Waals surface area contributed by atoms with Gasteiger partial charge in [-0.25, -0.2) is 4.39 Å². The Morgan fingerprint density at radius 3 is 2.25 bits per heavy atom. The first kappa shape index (κ1) is 8.49. The van der Waals surface area contributed by atoms with Crippen LogP contribution in [0.15, 0.2) is 0 Å². The average Bonchev–Trinajstić information content (AvgIpc) is 2.04. The van der Waals surface area contributed by atoms with E-state index in [0.29, 0.717) is 5.92 Å². The summed E-state index contributed by atoms with van der Waals surface area (Å²) >= 11 is 0. The van der Waals surface area contributed by atoms with E-state index in [1.807, 2.05) is 0 Å². The smallest absolute Gasteiger partial charge is 0.106 e. The van der Waals surface area contributed by atoms with Crippen LogP contribution in [0.5, 0.6) is 0 Å². The molecule has 1 N–H and O–H groups in total. The fraction of sp³-hybridized carbons (Fsp3) is 1.00. The Labute approximate surface area is 73.0 Å². The standard InChI is InChI=1S/C10H17FO/c11-10-8-2-1-3-9(10)5-7(4-8)6-12/h7-10,12H,1-6H2. The van der Waals surface area contributed by atoms with Gasteiger partial charge in [0.25, 0.3) is 0 Å². The number of aliphatic hydroxyl groups is 1. The van der Waals surface area contributed by atoms with Crippen LogP contribution in [0.3, 0.4) is 0 Å². The quantitative estimate of drug-likeness (QED) is 0.642. The van der Waals surface area contributed by atoms with E-state index < -0.39 is 6.17 Å². The van der Waals surface area contributed by atoms with Crippen LogP contribution in [0.2, 0.25) is 0 Å². The summed E-state index contributed by atoms with van der Waals surface area (Å²) in [4.78, 5) is 0.